The zero-order valence-corrected chi connectivity index (χ0v) is 15.2. The summed E-state index contributed by atoms with van der Waals surface area (Å²) in [6, 6.07) is 24.1. The Labute approximate surface area is 159 Å². The summed E-state index contributed by atoms with van der Waals surface area (Å²) in [6.07, 6.45) is 0.445. The highest BCUT2D eigenvalue weighted by Crippen LogP contribution is 2.40. The molecule has 136 valence electrons. The molecule has 3 aromatic rings. The molecule has 1 amide bonds. The molecule has 4 heteroatoms. The van der Waals surface area contributed by atoms with Crippen LogP contribution in [0.25, 0.3) is 11.1 Å². The molecule has 0 aromatic heterocycles. The molecule has 0 fully saturated rings. The molecular weight excluding hydrogens is 336 g/mol. The van der Waals surface area contributed by atoms with Crippen LogP contribution in [0.2, 0.25) is 0 Å². The number of carbonyl (C=O) groups is 1. The Hall–Kier alpha value is -3.27. The van der Waals surface area contributed by atoms with Crippen LogP contribution in [0.5, 0.6) is 5.75 Å². The molecule has 4 nitrogen and oxygen atoms in total. The molecule has 1 atom stereocenters. The Morgan fingerprint density at radius 2 is 1.67 bits per heavy atom. The molecular formula is C23H22N2O2. The summed E-state index contributed by atoms with van der Waals surface area (Å²) in [6.45, 7) is 2.52. The Morgan fingerprint density at radius 3 is 2.52 bits per heavy atom. The molecule has 0 unspecified atom stereocenters. The number of hydrogen-bond acceptors (Lipinski definition) is 3. The highest BCUT2D eigenvalue weighted by atomic mass is 16.5. The number of hydrogen-bond donors (Lipinski definition) is 2. The monoisotopic (exact) mass is 358 g/mol. The largest absolute Gasteiger partial charge is 0.488 e. The van der Waals surface area contributed by atoms with E-state index in [-0.39, 0.29) is 11.9 Å². The van der Waals surface area contributed by atoms with Gasteiger partial charge in [0.1, 0.15) is 12.4 Å². The first-order chi connectivity index (χ1) is 13.2. The van der Waals surface area contributed by atoms with E-state index < -0.39 is 0 Å². The molecule has 27 heavy (non-hydrogen) atoms. The fourth-order valence-corrected chi connectivity index (χ4v) is 3.36. The maximum Gasteiger partial charge on any atom is 0.226 e. The van der Waals surface area contributed by atoms with E-state index in [2.05, 4.69) is 34.9 Å². The first-order valence-corrected chi connectivity index (χ1v) is 9.16. The number of amides is 1. The van der Waals surface area contributed by atoms with Crippen LogP contribution in [-0.2, 0) is 11.4 Å². The van der Waals surface area contributed by atoms with E-state index in [4.69, 9.17) is 4.74 Å². The molecule has 1 aliphatic heterocycles. The third kappa shape index (κ3) is 3.80. The lowest BCUT2D eigenvalue weighted by Crippen LogP contribution is -2.19. The first-order valence-electron chi connectivity index (χ1n) is 9.16. The van der Waals surface area contributed by atoms with E-state index in [1.807, 2.05) is 55.5 Å². The quantitative estimate of drug-likeness (QED) is 0.684. The standard InChI is InChI=1S/C23H22N2O2/c1-16-14-22(26)25-20-12-7-11-19(23(20)24-16)18-10-5-6-13-21(18)27-15-17-8-3-2-4-9-17/h2-13,16,24H,14-15H2,1H3,(H,25,26)/t16-/m1/s1. The van der Waals surface area contributed by atoms with E-state index in [0.717, 1.165) is 33.8 Å². The van der Waals surface area contributed by atoms with Gasteiger partial charge in [-0.3, -0.25) is 4.79 Å². The average molecular weight is 358 g/mol. The first kappa shape index (κ1) is 17.2. The minimum atomic E-state index is 0.0273. The van der Waals surface area contributed by atoms with Crippen molar-refractivity contribution in [3.63, 3.8) is 0 Å². The minimum Gasteiger partial charge on any atom is -0.488 e. The Morgan fingerprint density at radius 1 is 0.926 bits per heavy atom. The third-order valence-electron chi connectivity index (χ3n) is 4.64. The topological polar surface area (TPSA) is 50.4 Å². The normalized spacial score (nSPS) is 15.9. The predicted molar refractivity (Wildman–Crippen MR) is 109 cm³/mol. The van der Waals surface area contributed by atoms with Crippen LogP contribution in [0.15, 0.2) is 72.8 Å². The van der Waals surface area contributed by atoms with Crippen LogP contribution in [0.4, 0.5) is 11.4 Å². The fraction of sp³-hybridized carbons (Fsp3) is 0.174. The lowest BCUT2D eigenvalue weighted by molar-refractivity contribution is -0.116. The van der Waals surface area contributed by atoms with E-state index in [0.29, 0.717) is 13.0 Å². The second-order valence-electron chi connectivity index (χ2n) is 6.80. The van der Waals surface area contributed by atoms with E-state index in [1.165, 1.54) is 0 Å². The number of ether oxygens (including phenoxy) is 1. The van der Waals surface area contributed by atoms with Crippen LogP contribution in [-0.4, -0.2) is 11.9 Å². The molecule has 0 saturated carbocycles. The SMILES string of the molecule is C[C@@H]1CC(=O)Nc2cccc(-c3ccccc3OCc3ccccc3)c2N1. The van der Waals surface area contributed by atoms with E-state index in [1.54, 1.807) is 0 Å². The van der Waals surface area contributed by atoms with Crippen molar-refractivity contribution in [1.29, 1.82) is 0 Å². The van der Waals surface area contributed by atoms with Crippen LogP contribution in [0, 0.1) is 0 Å². The molecule has 3 aromatic carbocycles. The lowest BCUT2D eigenvalue weighted by Gasteiger charge is -2.19. The zero-order valence-electron chi connectivity index (χ0n) is 15.2. The van der Waals surface area contributed by atoms with Gasteiger partial charge in [0.2, 0.25) is 5.91 Å². The van der Waals surface area contributed by atoms with Gasteiger partial charge in [0.05, 0.1) is 11.4 Å². The molecule has 4 rings (SSSR count). The molecule has 0 radical (unpaired) electrons. The molecule has 1 aliphatic rings. The van der Waals surface area contributed by atoms with Crippen molar-refractivity contribution < 1.29 is 9.53 Å². The minimum absolute atomic E-state index is 0.0273. The van der Waals surface area contributed by atoms with Crippen molar-refractivity contribution >= 4 is 17.3 Å². The number of rotatable bonds is 4. The van der Waals surface area contributed by atoms with Crippen LogP contribution in [0.1, 0.15) is 18.9 Å². The number of fused-ring (bicyclic) bond motifs is 1. The molecule has 0 spiro atoms. The summed E-state index contributed by atoms with van der Waals surface area (Å²) in [5.74, 6) is 0.847. The van der Waals surface area contributed by atoms with Gasteiger partial charge in [-0.1, -0.05) is 60.7 Å². The van der Waals surface area contributed by atoms with Gasteiger partial charge in [-0.2, -0.15) is 0 Å². The van der Waals surface area contributed by atoms with Gasteiger partial charge >= 0.3 is 0 Å². The molecule has 0 aliphatic carbocycles. The molecule has 2 N–H and O–H groups in total. The third-order valence-corrected chi connectivity index (χ3v) is 4.64. The van der Waals surface area contributed by atoms with Crippen LogP contribution in [0.3, 0.4) is 0 Å². The summed E-state index contributed by atoms with van der Waals surface area (Å²) in [4.78, 5) is 12.1. The number of para-hydroxylation sites is 2. The van der Waals surface area contributed by atoms with Gasteiger partial charge in [0.15, 0.2) is 0 Å². The maximum absolute atomic E-state index is 12.1. The Balaban J connectivity index is 1.70. The highest BCUT2D eigenvalue weighted by Gasteiger charge is 2.21. The van der Waals surface area contributed by atoms with Gasteiger partial charge < -0.3 is 15.4 Å². The van der Waals surface area contributed by atoms with Gasteiger partial charge in [-0.05, 0) is 24.6 Å². The summed E-state index contributed by atoms with van der Waals surface area (Å²) < 4.78 is 6.13. The van der Waals surface area contributed by atoms with Crippen LogP contribution < -0.4 is 15.4 Å². The number of nitrogens with one attached hydrogen (secondary N) is 2. The molecule has 1 heterocycles. The zero-order chi connectivity index (χ0) is 18.6. The maximum atomic E-state index is 12.1. The van der Waals surface area contributed by atoms with E-state index in [9.17, 15) is 4.79 Å². The van der Waals surface area contributed by atoms with Crippen LogP contribution >= 0.6 is 0 Å². The Kier molecular flexibility index (Phi) is 4.79. The van der Waals surface area contributed by atoms with Crippen molar-refractivity contribution in [3.8, 4) is 16.9 Å². The number of benzene rings is 3. The Bertz CT molecular complexity index is 954. The van der Waals surface area contributed by atoms with Gasteiger partial charge in [0, 0.05) is 23.6 Å². The summed E-state index contributed by atoms with van der Waals surface area (Å²) in [7, 11) is 0. The average Bonchev–Trinajstić information content (AvgIpc) is 2.83. The van der Waals surface area contributed by atoms with Gasteiger partial charge in [-0.25, -0.2) is 0 Å². The lowest BCUT2D eigenvalue weighted by atomic mass is 10.0. The van der Waals surface area contributed by atoms with Gasteiger partial charge in [-0.15, -0.1) is 0 Å². The second-order valence-corrected chi connectivity index (χ2v) is 6.80. The van der Waals surface area contributed by atoms with Gasteiger partial charge in [0.25, 0.3) is 0 Å². The summed E-state index contributed by atoms with van der Waals surface area (Å²) in [5.41, 5.74) is 4.89. The van der Waals surface area contributed by atoms with E-state index >= 15 is 0 Å². The predicted octanol–water partition coefficient (Wildman–Crippen LogP) is 5.08. The molecule has 0 bridgehead atoms. The molecule has 0 saturated heterocycles. The fourth-order valence-electron chi connectivity index (χ4n) is 3.36. The van der Waals surface area contributed by atoms with Crippen molar-refractivity contribution in [3.05, 3.63) is 78.4 Å². The summed E-state index contributed by atoms with van der Waals surface area (Å²) >= 11 is 0. The smallest absolute Gasteiger partial charge is 0.226 e. The number of carbonyl (C=O) groups excluding carboxylic acids is 1. The van der Waals surface area contributed by atoms with Crippen molar-refractivity contribution in [1.82, 2.24) is 0 Å². The highest BCUT2D eigenvalue weighted by molar-refractivity contribution is 6.00. The van der Waals surface area contributed by atoms with Crippen molar-refractivity contribution in [2.24, 2.45) is 0 Å². The van der Waals surface area contributed by atoms with Crippen molar-refractivity contribution in [2.75, 3.05) is 10.6 Å². The number of anilines is 2. The second kappa shape index (κ2) is 7.54. The van der Waals surface area contributed by atoms with Crippen molar-refractivity contribution in [2.45, 2.75) is 26.0 Å². The summed E-state index contributed by atoms with van der Waals surface area (Å²) in [5, 5.41) is 6.48.